The molecular weight excluding hydrogens is 270 g/mol. The lowest BCUT2D eigenvalue weighted by atomic mass is 10.1. The molecule has 1 aromatic rings. The molecule has 4 heteroatoms. The summed E-state index contributed by atoms with van der Waals surface area (Å²) in [5.74, 6) is -0.0681. The number of carbonyl (C=O) groups excluding carboxylic acids is 1. The van der Waals surface area contributed by atoms with Crippen LogP contribution in [0.1, 0.15) is 15.9 Å². The van der Waals surface area contributed by atoms with Crippen LogP contribution in [0, 0.1) is 6.92 Å². The zero-order valence-electron chi connectivity index (χ0n) is 9.50. The zero-order valence-corrected chi connectivity index (χ0v) is 11.1. The molecular formula is C12H16BrNO2. The number of aryl methyl sites for hydroxylation is 1. The fourth-order valence-electron chi connectivity index (χ4n) is 1.30. The summed E-state index contributed by atoms with van der Waals surface area (Å²) in [5.41, 5.74) is 1.82. The van der Waals surface area contributed by atoms with E-state index >= 15 is 0 Å². The fraction of sp³-hybridized carbons (Fsp3) is 0.417. The monoisotopic (exact) mass is 285 g/mol. The van der Waals surface area contributed by atoms with Crippen molar-refractivity contribution < 1.29 is 9.53 Å². The second-order valence-corrected chi connectivity index (χ2v) is 4.29. The van der Waals surface area contributed by atoms with Crippen LogP contribution in [0.2, 0.25) is 0 Å². The molecule has 1 rings (SSSR count). The largest absolute Gasteiger partial charge is 0.383 e. The summed E-state index contributed by atoms with van der Waals surface area (Å²) in [6.45, 7) is 2.50. The Bertz CT molecular complexity index is 337. The lowest BCUT2D eigenvalue weighted by Gasteiger charge is -2.15. The number of halogens is 1. The van der Waals surface area contributed by atoms with E-state index in [4.69, 9.17) is 4.74 Å². The molecule has 1 unspecified atom stereocenters. The number of hydrogen-bond acceptors (Lipinski definition) is 2. The van der Waals surface area contributed by atoms with Gasteiger partial charge in [0.05, 0.1) is 12.6 Å². The Hall–Kier alpha value is -0.870. The van der Waals surface area contributed by atoms with E-state index < -0.39 is 0 Å². The van der Waals surface area contributed by atoms with Gasteiger partial charge < -0.3 is 10.1 Å². The molecule has 0 spiro atoms. The van der Waals surface area contributed by atoms with E-state index in [1.807, 2.05) is 31.2 Å². The molecule has 16 heavy (non-hydrogen) atoms. The third-order valence-corrected chi connectivity index (χ3v) is 2.98. The van der Waals surface area contributed by atoms with Crippen molar-refractivity contribution in [1.82, 2.24) is 5.32 Å². The van der Waals surface area contributed by atoms with E-state index in [9.17, 15) is 4.79 Å². The van der Waals surface area contributed by atoms with Crippen molar-refractivity contribution in [2.75, 3.05) is 19.0 Å². The minimum atomic E-state index is -0.0681. The first kappa shape index (κ1) is 13.2. The fourth-order valence-corrected chi connectivity index (χ4v) is 1.65. The highest BCUT2D eigenvalue weighted by atomic mass is 79.9. The van der Waals surface area contributed by atoms with Gasteiger partial charge in [0.25, 0.3) is 5.91 Å². The molecule has 0 fully saturated rings. The van der Waals surface area contributed by atoms with E-state index in [1.165, 1.54) is 0 Å². The summed E-state index contributed by atoms with van der Waals surface area (Å²) in [6.07, 6.45) is 0. The number of amides is 1. The second-order valence-electron chi connectivity index (χ2n) is 3.65. The number of rotatable bonds is 5. The van der Waals surface area contributed by atoms with Gasteiger partial charge in [-0.25, -0.2) is 0 Å². The third kappa shape index (κ3) is 3.94. The molecule has 0 saturated carbocycles. The molecule has 0 saturated heterocycles. The summed E-state index contributed by atoms with van der Waals surface area (Å²) in [5, 5.41) is 3.57. The highest BCUT2D eigenvalue weighted by Gasteiger charge is 2.11. The lowest BCUT2D eigenvalue weighted by Crippen LogP contribution is -2.39. The molecule has 0 aliphatic heterocycles. The summed E-state index contributed by atoms with van der Waals surface area (Å²) in [7, 11) is 1.62. The van der Waals surface area contributed by atoms with E-state index in [0.717, 1.165) is 5.56 Å². The van der Waals surface area contributed by atoms with Crippen molar-refractivity contribution in [2.45, 2.75) is 13.0 Å². The van der Waals surface area contributed by atoms with Crippen molar-refractivity contribution in [3.05, 3.63) is 35.4 Å². The van der Waals surface area contributed by atoms with Crippen LogP contribution >= 0.6 is 15.9 Å². The molecule has 0 aliphatic carbocycles. The molecule has 88 valence electrons. The summed E-state index contributed by atoms with van der Waals surface area (Å²) >= 11 is 3.33. The van der Waals surface area contributed by atoms with Gasteiger partial charge in [-0.1, -0.05) is 33.6 Å². The summed E-state index contributed by atoms with van der Waals surface area (Å²) in [6, 6.07) is 7.49. The van der Waals surface area contributed by atoms with E-state index in [-0.39, 0.29) is 11.9 Å². The second kappa shape index (κ2) is 6.66. The van der Waals surface area contributed by atoms with Gasteiger partial charge in [-0.2, -0.15) is 0 Å². The van der Waals surface area contributed by atoms with Crippen molar-refractivity contribution in [3.8, 4) is 0 Å². The van der Waals surface area contributed by atoms with E-state index in [1.54, 1.807) is 7.11 Å². The first-order valence-electron chi connectivity index (χ1n) is 5.09. The highest BCUT2D eigenvalue weighted by molar-refractivity contribution is 9.09. The molecule has 1 atom stereocenters. The Morgan fingerprint density at radius 3 is 2.56 bits per heavy atom. The molecule has 1 N–H and O–H groups in total. The SMILES string of the molecule is COCC(CBr)NC(=O)c1ccc(C)cc1. The van der Waals surface area contributed by atoms with Crippen LogP contribution in [-0.2, 0) is 4.74 Å². The molecule has 0 aromatic heterocycles. The van der Waals surface area contributed by atoms with Gasteiger partial charge in [-0.05, 0) is 19.1 Å². The predicted octanol–water partition coefficient (Wildman–Crippen LogP) is 2.13. The average Bonchev–Trinajstić information content (AvgIpc) is 2.29. The van der Waals surface area contributed by atoms with Crippen LogP contribution in [-0.4, -0.2) is 31.0 Å². The van der Waals surface area contributed by atoms with E-state index in [2.05, 4.69) is 21.2 Å². The predicted molar refractivity (Wildman–Crippen MR) is 68.1 cm³/mol. The molecule has 1 amide bonds. The number of alkyl halides is 1. The van der Waals surface area contributed by atoms with Crippen molar-refractivity contribution in [3.63, 3.8) is 0 Å². The Kier molecular flexibility index (Phi) is 5.49. The molecule has 3 nitrogen and oxygen atoms in total. The zero-order chi connectivity index (χ0) is 12.0. The Balaban J connectivity index is 2.60. The summed E-state index contributed by atoms with van der Waals surface area (Å²) in [4.78, 5) is 11.8. The van der Waals surface area contributed by atoms with Gasteiger partial charge in [-0.15, -0.1) is 0 Å². The van der Waals surface area contributed by atoms with Crippen LogP contribution in [0.4, 0.5) is 0 Å². The number of ether oxygens (including phenoxy) is 1. The molecule has 0 heterocycles. The Morgan fingerprint density at radius 2 is 2.06 bits per heavy atom. The van der Waals surface area contributed by atoms with Gasteiger partial charge >= 0.3 is 0 Å². The smallest absolute Gasteiger partial charge is 0.251 e. The maximum Gasteiger partial charge on any atom is 0.251 e. The molecule has 0 bridgehead atoms. The number of hydrogen-bond donors (Lipinski definition) is 1. The standard InChI is InChI=1S/C12H16BrNO2/c1-9-3-5-10(6-4-9)12(15)14-11(7-13)8-16-2/h3-6,11H,7-8H2,1-2H3,(H,14,15). The van der Waals surface area contributed by atoms with Gasteiger partial charge in [0.1, 0.15) is 0 Å². The minimum Gasteiger partial charge on any atom is -0.383 e. The van der Waals surface area contributed by atoms with Crippen molar-refractivity contribution in [1.29, 1.82) is 0 Å². The first-order chi connectivity index (χ1) is 7.67. The van der Waals surface area contributed by atoms with Crippen LogP contribution < -0.4 is 5.32 Å². The van der Waals surface area contributed by atoms with Gasteiger partial charge in [0.2, 0.25) is 0 Å². The number of methoxy groups -OCH3 is 1. The highest BCUT2D eigenvalue weighted by Crippen LogP contribution is 2.04. The number of carbonyl (C=O) groups is 1. The van der Waals surface area contributed by atoms with Crippen LogP contribution in [0.3, 0.4) is 0 Å². The van der Waals surface area contributed by atoms with Gasteiger partial charge in [-0.3, -0.25) is 4.79 Å². The van der Waals surface area contributed by atoms with Crippen LogP contribution in [0.5, 0.6) is 0 Å². The van der Waals surface area contributed by atoms with Crippen molar-refractivity contribution in [2.24, 2.45) is 0 Å². The van der Waals surface area contributed by atoms with Crippen molar-refractivity contribution >= 4 is 21.8 Å². The molecule has 1 aromatic carbocycles. The van der Waals surface area contributed by atoms with E-state index in [0.29, 0.717) is 17.5 Å². The molecule has 0 aliphatic rings. The third-order valence-electron chi connectivity index (χ3n) is 2.20. The lowest BCUT2D eigenvalue weighted by molar-refractivity contribution is 0.0908. The maximum atomic E-state index is 11.8. The number of nitrogens with one attached hydrogen (secondary N) is 1. The Labute approximate surface area is 104 Å². The minimum absolute atomic E-state index is 0.00111. The quantitative estimate of drug-likeness (QED) is 0.842. The average molecular weight is 286 g/mol. The van der Waals surface area contributed by atoms with Gasteiger partial charge in [0, 0.05) is 18.0 Å². The van der Waals surface area contributed by atoms with Crippen LogP contribution in [0.25, 0.3) is 0 Å². The Morgan fingerprint density at radius 1 is 1.44 bits per heavy atom. The van der Waals surface area contributed by atoms with Gasteiger partial charge in [0.15, 0.2) is 0 Å². The normalized spacial score (nSPS) is 12.2. The maximum absolute atomic E-state index is 11.8. The number of benzene rings is 1. The van der Waals surface area contributed by atoms with Crippen LogP contribution in [0.15, 0.2) is 24.3 Å². The summed E-state index contributed by atoms with van der Waals surface area (Å²) < 4.78 is 5.01. The molecule has 0 radical (unpaired) electrons. The first-order valence-corrected chi connectivity index (χ1v) is 6.22. The topological polar surface area (TPSA) is 38.3 Å².